The van der Waals surface area contributed by atoms with Gasteiger partial charge in [-0.25, -0.2) is 8.42 Å². The van der Waals surface area contributed by atoms with Gasteiger partial charge in [-0.05, 0) is 42.2 Å². The molecular weight excluding hydrogens is 396 g/mol. The summed E-state index contributed by atoms with van der Waals surface area (Å²) in [4.78, 5) is 10.4. The summed E-state index contributed by atoms with van der Waals surface area (Å²) in [5.41, 5.74) is 1.88. The van der Waals surface area contributed by atoms with Crippen LogP contribution in [0.5, 0.6) is 11.5 Å². The minimum absolute atomic E-state index is 0.0544. The molecule has 1 fully saturated rings. The number of hydrogen-bond donors (Lipinski definition) is 0. The average molecular weight is 420 g/mol. The van der Waals surface area contributed by atoms with E-state index < -0.39 is 14.9 Å². The van der Waals surface area contributed by atoms with Crippen LogP contribution in [0.1, 0.15) is 30.9 Å². The maximum absolute atomic E-state index is 13.2. The molecule has 1 aliphatic rings. The third kappa shape index (κ3) is 4.58. The van der Waals surface area contributed by atoms with E-state index in [9.17, 15) is 18.5 Å². The smallest absolute Gasteiger partial charge is 0.271 e. The molecule has 0 atom stereocenters. The molecule has 0 spiro atoms. The number of rotatable bonds is 6. The maximum Gasteiger partial charge on any atom is 0.271 e. The van der Waals surface area contributed by atoms with Gasteiger partial charge in [0.05, 0.1) is 18.1 Å². The van der Waals surface area contributed by atoms with Crippen molar-refractivity contribution in [1.29, 1.82) is 0 Å². The normalized spacial score (nSPS) is 15.4. The summed E-state index contributed by atoms with van der Waals surface area (Å²) in [6.45, 7) is 7.07. The maximum atomic E-state index is 13.2. The van der Waals surface area contributed by atoms with Gasteiger partial charge in [0.25, 0.3) is 5.69 Å². The molecule has 3 rings (SSSR count). The molecule has 0 aliphatic carbocycles. The molecule has 0 radical (unpaired) electrons. The van der Waals surface area contributed by atoms with E-state index in [2.05, 4.69) is 13.8 Å². The number of benzene rings is 2. The molecule has 1 heterocycles. The Kier molecular flexibility index (Phi) is 6.21. The van der Waals surface area contributed by atoms with Crippen molar-refractivity contribution < 1.29 is 22.8 Å². The van der Waals surface area contributed by atoms with Crippen LogP contribution in [0.4, 0.5) is 5.69 Å². The number of nitrogens with zero attached hydrogens (tertiary/aromatic N) is 2. The monoisotopic (exact) mass is 420 g/mol. The van der Waals surface area contributed by atoms with Crippen LogP contribution in [0.15, 0.2) is 41.3 Å². The van der Waals surface area contributed by atoms with Crippen molar-refractivity contribution in [3.05, 3.63) is 57.6 Å². The summed E-state index contributed by atoms with van der Waals surface area (Å²) in [6, 6.07) is 9.17. The predicted molar refractivity (Wildman–Crippen MR) is 108 cm³/mol. The SMILES string of the molecule is Cc1cc(Oc2ccc([N+](=O)[O-])cc2S(=O)(=O)N2CCOCC2)ccc1C(C)C. The third-order valence-electron chi connectivity index (χ3n) is 4.82. The van der Waals surface area contributed by atoms with Gasteiger partial charge in [0.1, 0.15) is 16.4 Å². The van der Waals surface area contributed by atoms with Crippen LogP contribution in [-0.4, -0.2) is 43.9 Å². The van der Waals surface area contributed by atoms with E-state index in [0.29, 0.717) is 11.7 Å². The fraction of sp³-hybridized carbons (Fsp3) is 0.400. The zero-order valence-corrected chi connectivity index (χ0v) is 17.4. The first kappa shape index (κ1) is 21.2. The van der Waals surface area contributed by atoms with Crippen LogP contribution >= 0.6 is 0 Å². The molecule has 2 aromatic rings. The molecule has 9 heteroatoms. The van der Waals surface area contributed by atoms with Crippen molar-refractivity contribution in [1.82, 2.24) is 4.31 Å². The molecule has 8 nitrogen and oxygen atoms in total. The van der Waals surface area contributed by atoms with E-state index in [4.69, 9.17) is 9.47 Å². The van der Waals surface area contributed by atoms with Gasteiger partial charge in [-0.2, -0.15) is 4.31 Å². The molecule has 0 amide bonds. The Bertz CT molecular complexity index is 1010. The standard InChI is InChI=1S/C20H24N2O6S/c1-14(2)18-6-5-17(12-15(18)3)28-19-7-4-16(22(23)24)13-20(19)29(25,26)21-8-10-27-11-9-21/h4-7,12-14H,8-11H2,1-3H3. The highest BCUT2D eigenvalue weighted by Crippen LogP contribution is 2.35. The third-order valence-corrected chi connectivity index (χ3v) is 6.74. The molecule has 29 heavy (non-hydrogen) atoms. The summed E-state index contributed by atoms with van der Waals surface area (Å²) in [6.07, 6.45) is 0. The number of nitro benzene ring substituents is 1. The number of hydrogen-bond acceptors (Lipinski definition) is 6. The van der Waals surface area contributed by atoms with Crippen molar-refractivity contribution in [3.63, 3.8) is 0 Å². The van der Waals surface area contributed by atoms with E-state index >= 15 is 0 Å². The van der Waals surface area contributed by atoms with Gasteiger partial charge in [-0.1, -0.05) is 19.9 Å². The molecule has 1 aliphatic heterocycles. The Labute approximate surface area is 170 Å². The quantitative estimate of drug-likeness (QED) is 0.520. The first-order valence-corrected chi connectivity index (χ1v) is 10.8. The molecular formula is C20H24N2O6S. The average Bonchev–Trinajstić information content (AvgIpc) is 2.68. The van der Waals surface area contributed by atoms with E-state index in [0.717, 1.165) is 11.6 Å². The van der Waals surface area contributed by atoms with Crippen LogP contribution < -0.4 is 4.74 Å². The molecule has 0 saturated carbocycles. The molecule has 0 aromatic heterocycles. The number of ether oxygens (including phenoxy) is 2. The highest BCUT2D eigenvalue weighted by atomic mass is 32.2. The van der Waals surface area contributed by atoms with E-state index in [1.807, 2.05) is 19.1 Å². The molecule has 0 N–H and O–H groups in total. The van der Waals surface area contributed by atoms with Gasteiger partial charge >= 0.3 is 0 Å². The Balaban J connectivity index is 2.02. The fourth-order valence-corrected chi connectivity index (χ4v) is 4.85. The lowest BCUT2D eigenvalue weighted by atomic mass is 9.98. The minimum atomic E-state index is -3.98. The van der Waals surface area contributed by atoms with Crippen molar-refractivity contribution in [2.24, 2.45) is 0 Å². The van der Waals surface area contributed by atoms with Crippen LogP contribution in [0, 0.1) is 17.0 Å². The lowest BCUT2D eigenvalue weighted by molar-refractivity contribution is -0.385. The van der Waals surface area contributed by atoms with Crippen molar-refractivity contribution in [2.75, 3.05) is 26.3 Å². The number of morpholine rings is 1. The molecule has 156 valence electrons. The van der Waals surface area contributed by atoms with Crippen molar-refractivity contribution in [3.8, 4) is 11.5 Å². The van der Waals surface area contributed by atoms with Gasteiger partial charge in [0, 0.05) is 25.2 Å². The zero-order chi connectivity index (χ0) is 21.2. The molecule has 0 bridgehead atoms. The van der Waals surface area contributed by atoms with Crippen LogP contribution in [-0.2, 0) is 14.8 Å². The van der Waals surface area contributed by atoms with Crippen LogP contribution in [0.2, 0.25) is 0 Å². The highest BCUT2D eigenvalue weighted by Gasteiger charge is 2.31. The second-order valence-electron chi connectivity index (χ2n) is 7.18. The lowest BCUT2D eigenvalue weighted by Crippen LogP contribution is -2.40. The zero-order valence-electron chi connectivity index (χ0n) is 16.6. The van der Waals surface area contributed by atoms with E-state index in [1.165, 1.54) is 22.0 Å². The molecule has 2 aromatic carbocycles. The number of non-ortho nitro benzene ring substituents is 1. The van der Waals surface area contributed by atoms with Gasteiger partial charge in [0.2, 0.25) is 10.0 Å². The van der Waals surface area contributed by atoms with Crippen molar-refractivity contribution >= 4 is 15.7 Å². The molecule has 1 saturated heterocycles. The van der Waals surface area contributed by atoms with Gasteiger partial charge < -0.3 is 9.47 Å². The number of sulfonamides is 1. The minimum Gasteiger partial charge on any atom is -0.456 e. The van der Waals surface area contributed by atoms with Gasteiger partial charge in [-0.3, -0.25) is 10.1 Å². The van der Waals surface area contributed by atoms with Crippen LogP contribution in [0.3, 0.4) is 0 Å². The van der Waals surface area contributed by atoms with Gasteiger partial charge in [0.15, 0.2) is 0 Å². The fourth-order valence-electron chi connectivity index (χ4n) is 3.31. The van der Waals surface area contributed by atoms with Crippen molar-refractivity contribution in [2.45, 2.75) is 31.6 Å². The Morgan fingerprint density at radius 1 is 1.14 bits per heavy atom. The van der Waals surface area contributed by atoms with Crippen LogP contribution in [0.25, 0.3) is 0 Å². The lowest BCUT2D eigenvalue weighted by Gasteiger charge is -2.26. The second kappa shape index (κ2) is 8.48. The summed E-state index contributed by atoms with van der Waals surface area (Å²) in [5, 5.41) is 11.2. The molecule has 0 unspecified atom stereocenters. The summed E-state index contributed by atoms with van der Waals surface area (Å²) in [5.74, 6) is 0.874. The predicted octanol–water partition coefficient (Wildman–Crippen LogP) is 3.84. The second-order valence-corrected chi connectivity index (χ2v) is 9.09. The van der Waals surface area contributed by atoms with Gasteiger partial charge in [-0.15, -0.1) is 0 Å². The van der Waals surface area contributed by atoms with E-state index in [-0.39, 0.29) is 42.6 Å². The Morgan fingerprint density at radius 3 is 2.41 bits per heavy atom. The Morgan fingerprint density at radius 2 is 1.83 bits per heavy atom. The largest absolute Gasteiger partial charge is 0.456 e. The first-order chi connectivity index (χ1) is 13.7. The highest BCUT2D eigenvalue weighted by molar-refractivity contribution is 7.89. The van der Waals surface area contributed by atoms with E-state index in [1.54, 1.807) is 6.07 Å². The number of nitro groups is 1. The number of aryl methyl sites for hydroxylation is 1. The summed E-state index contributed by atoms with van der Waals surface area (Å²) < 4.78 is 38.7. The Hall–Kier alpha value is -2.49. The summed E-state index contributed by atoms with van der Waals surface area (Å²) in [7, 11) is -3.98. The summed E-state index contributed by atoms with van der Waals surface area (Å²) >= 11 is 0. The topological polar surface area (TPSA) is 99.0 Å². The first-order valence-electron chi connectivity index (χ1n) is 9.35.